The van der Waals surface area contributed by atoms with E-state index in [1.165, 1.54) is 0 Å². The minimum absolute atomic E-state index is 0.0283. The lowest BCUT2D eigenvalue weighted by molar-refractivity contribution is -0.120. The molecule has 0 bridgehead atoms. The fourth-order valence-corrected chi connectivity index (χ4v) is 3.84. The molecule has 1 fully saturated rings. The summed E-state index contributed by atoms with van der Waals surface area (Å²) in [5.41, 5.74) is 1.60. The molecule has 8 heteroatoms. The first-order valence-corrected chi connectivity index (χ1v) is 10.2. The summed E-state index contributed by atoms with van der Waals surface area (Å²) in [6.07, 6.45) is 1.75. The van der Waals surface area contributed by atoms with E-state index in [1.807, 2.05) is 48.5 Å². The molecule has 0 saturated carbocycles. The minimum Gasteiger partial charge on any atom is -0.497 e. The summed E-state index contributed by atoms with van der Waals surface area (Å²) in [4.78, 5) is 14.9. The monoisotopic (exact) mass is 456 g/mol. The molecule has 1 aliphatic rings. The van der Waals surface area contributed by atoms with Crippen LogP contribution in [0.2, 0.25) is 0 Å². The number of amides is 1. The van der Waals surface area contributed by atoms with Gasteiger partial charge in [0.2, 0.25) is 17.7 Å². The minimum atomic E-state index is -0.224. The highest BCUT2D eigenvalue weighted by Crippen LogP contribution is 2.25. The average molecular weight is 457 g/mol. The third-order valence-corrected chi connectivity index (χ3v) is 5.39. The van der Waals surface area contributed by atoms with Gasteiger partial charge in [0.1, 0.15) is 5.75 Å². The van der Waals surface area contributed by atoms with Gasteiger partial charge in [-0.1, -0.05) is 22.0 Å². The Morgan fingerprint density at radius 2 is 2.10 bits per heavy atom. The smallest absolute Gasteiger partial charge is 0.247 e. The van der Waals surface area contributed by atoms with Crippen molar-refractivity contribution in [1.82, 2.24) is 15.1 Å². The molecule has 1 amide bonds. The third kappa shape index (κ3) is 4.65. The van der Waals surface area contributed by atoms with Gasteiger partial charge in [-0.15, -0.1) is 10.2 Å². The largest absolute Gasteiger partial charge is 0.497 e. The van der Waals surface area contributed by atoms with E-state index in [0.29, 0.717) is 18.3 Å². The lowest BCUT2D eigenvalue weighted by Crippen LogP contribution is -2.39. The zero-order valence-corrected chi connectivity index (χ0v) is 17.6. The number of aromatic nitrogens is 2. The van der Waals surface area contributed by atoms with Crippen LogP contribution in [-0.4, -0.2) is 40.7 Å². The van der Waals surface area contributed by atoms with E-state index in [9.17, 15) is 4.79 Å². The molecule has 1 atom stereocenters. The van der Waals surface area contributed by atoms with Crippen LogP contribution < -0.4 is 10.1 Å². The molecule has 1 unspecified atom stereocenters. The Balaban J connectivity index is 1.41. The number of ether oxygens (including phenoxy) is 1. The van der Waals surface area contributed by atoms with E-state index in [2.05, 4.69) is 36.3 Å². The highest BCUT2D eigenvalue weighted by molar-refractivity contribution is 9.10. The first kappa shape index (κ1) is 19.6. The van der Waals surface area contributed by atoms with Crippen molar-refractivity contribution in [2.24, 2.45) is 0 Å². The first-order valence-electron chi connectivity index (χ1n) is 9.39. The molecule has 4 rings (SSSR count). The summed E-state index contributed by atoms with van der Waals surface area (Å²) in [5.74, 6) is 1.70. The Labute approximate surface area is 177 Å². The number of halogens is 1. The van der Waals surface area contributed by atoms with E-state index < -0.39 is 0 Å². The lowest BCUT2D eigenvalue weighted by Gasteiger charge is -2.22. The van der Waals surface area contributed by atoms with Crippen molar-refractivity contribution in [3.63, 3.8) is 0 Å². The van der Waals surface area contributed by atoms with Crippen molar-refractivity contribution in [2.45, 2.75) is 25.4 Å². The number of likely N-dealkylation sites (tertiary alicyclic amines) is 1. The Morgan fingerprint density at radius 1 is 1.28 bits per heavy atom. The molecule has 1 saturated heterocycles. The van der Waals surface area contributed by atoms with Crippen molar-refractivity contribution in [3.8, 4) is 17.2 Å². The fraction of sp³-hybridized carbons (Fsp3) is 0.286. The fourth-order valence-electron chi connectivity index (χ4n) is 3.44. The van der Waals surface area contributed by atoms with Crippen molar-refractivity contribution >= 4 is 27.5 Å². The predicted octanol–water partition coefficient (Wildman–Crippen LogP) is 4.11. The number of benzene rings is 2. The summed E-state index contributed by atoms with van der Waals surface area (Å²) in [5, 5.41) is 11.3. The topological polar surface area (TPSA) is 80.5 Å². The van der Waals surface area contributed by atoms with Crippen LogP contribution >= 0.6 is 15.9 Å². The van der Waals surface area contributed by atoms with Crippen LogP contribution in [0.5, 0.6) is 5.75 Å². The zero-order chi connectivity index (χ0) is 20.2. The Morgan fingerprint density at radius 3 is 2.86 bits per heavy atom. The molecule has 2 aromatic carbocycles. The summed E-state index contributed by atoms with van der Waals surface area (Å²) >= 11 is 3.45. The highest BCUT2D eigenvalue weighted by Gasteiger charge is 2.32. The van der Waals surface area contributed by atoms with Crippen molar-refractivity contribution in [1.29, 1.82) is 0 Å². The van der Waals surface area contributed by atoms with Gasteiger partial charge < -0.3 is 14.5 Å². The molecule has 2 heterocycles. The molecule has 1 aliphatic heterocycles. The summed E-state index contributed by atoms with van der Waals surface area (Å²) in [7, 11) is 1.61. The van der Waals surface area contributed by atoms with Gasteiger partial charge in [0, 0.05) is 15.7 Å². The van der Waals surface area contributed by atoms with Gasteiger partial charge in [0.25, 0.3) is 0 Å². The number of hydrogen-bond donors (Lipinski definition) is 1. The maximum Gasteiger partial charge on any atom is 0.247 e. The number of carbonyl (C=O) groups excluding carboxylic acids is 1. The first-order chi connectivity index (χ1) is 14.1. The van der Waals surface area contributed by atoms with Gasteiger partial charge in [-0.2, -0.15) is 0 Å². The van der Waals surface area contributed by atoms with Gasteiger partial charge in [0.15, 0.2) is 0 Å². The zero-order valence-electron chi connectivity index (χ0n) is 16.0. The molecule has 0 aliphatic carbocycles. The number of hydrogen-bond acceptors (Lipinski definition) is 6. The Kier molecular flexibility index (Phi) is 5.92. The van der Waals surface area contributed by atoms with Gasteiger partial charge in [0.05, 0.1) is 19.7 Å². The summed E-state index contributed by atoms with van der Waals surface area (Å²) in [6.45, 7) is 1.26. The Bertz CT molecular complexity index is 990. The number of rotatable bonds is 6. The van der Waals surface area contributed by atoms with Gasteiger partial charge in [-0.05, 0) is 61.9 Å². The number of nitrogens with one attached hydrogen (secondary N) is 1. The number of anilines is 1. The predicted molar refractivity (Wildman–Crippen MR) is 112 cm³/mol. The second-order valence-electron chi connectivity index (χ2n) is 6.86. The number of nitrogens with zero attached hydrogens (tertiary/aromatic N) is 3. The molecule has 3 aromatic rings. The third-order valence-electron chi connectivity index (χ3n) is 4.90. The lowest BCUT2D eigenvalue weighted by atomic mass is 10.2. The maximum absolute atomic E-state index is 12.8. The molecule has 0 spiro atoms. The van der Waals surface area contributed by atoms with Gasteiger partial charge in [-0.3, -0.25) is 9.69 Å². The van der Waals surface area contributed by atoms with Crippen molar-refractivity contribution in [3.05, 3.63) is 58.9 Å². The van der Waals surface area contributed by atoms with Crippen LogP contribution in [0, 0.1) is 0 Å². The van der Waals surface area contributed by atoms with Crippen LogP contribution in [0.25, 0.3) is 11.5 Å². The maximum atomic E-state index is 12.8. The molecular formula is C21H21BrN4O3. The molecule has 0 radical (unpaired) electrons. The van der Waals surface area contributed by atoms with E-state index in [1.54, 1.807) is 7.11 Å². The van der Waals surface area contributed by atoms with E-state index >= 15 is 0 Å². The van der Waals surface area contributed by atoms with Crippen LogP contribution in [0.15, 0.2) is 57.4 Å². The summed E-state index contributed by atoms with van der Waals surface area (Å²) < 4.78 is 11.9. The number of carbonyl (C=O) groups is 1. The van der Waals surface area contributed by atoms with Crippen LogP contribution in [0.3, 0.4) is 0 Å². The van der Waals surface area contributed by atoms with Gasteiger partial charge in [-0.25, -0.2) is 0 Å². The van der Waals surface area contributed by atoms with Crippen LogP contribution in [0.1, 0.15) is 18.7 Å². The number of methoxy groups -OCH3 is 1. The van der Waals surface area contributed by atoms with E-state index in [-0.39, 0.29) is 11.9 Å². The second-order valence-corrected chi connectivity index (χ2v) is 7.77. The standard InChI is InChI=1S/C21H21BrN4O3/c1-28-17-9-7-16(8-10-17)23-20(27)18-6-3-11-26(18)13-19-24-25-21(29-19)14-4-2-5-15(22)12-14/h2,4-5,7-10,12,18H,3,6,11,13H2,1H3,(H,23,27). The Hall–Kier alpha value is -2.71. The molecule has 29 heavy (non-hydrogen) atoms. The van der Waals surface area contributed by atoms with Crippen molar-refractivity contribution < 1.29 is 13.9 Å². The average Bonchev–Trinajstić information content (AvgIpc) is 3.39. The van der Waals surface area contributed by atoms with Crippen LogP contribution in [0.4, 0.5) is 5.69 Å². The van der Waals surface area contributed by atoms with Gasteiger partial charge >= 0.3 is 0 Å². The van der Waals surface area contributed by atoms with Crippen molar-refractivity contribution in [2.75, 3.05) is 19.0 Å². The van der Waals surface area contributed by atoms with E-state index in [0.717, 1.165) is 40.9 Å². The molecule has 1 N–H and O–H groups in total. The summed E-state index contributed by atoms with van der Waals surface area (Å²) in [6, 6.07) is 14.8. The molecule has 1 aromatic heterocycles. The quantitative estimate of drug-likeness (QED) is 0.600. The molecule has 7 nitrogen and oxygen atoms in total. The molecular weight excluding hydrogens is 436 g/mol. The normalized spacial score (nSPS) is 16.7. The van der Waals surface area contributed by atoms with Crippen LogP contribution in [-0.2, 0) is 11.3 Å². The SMILES string of the molecule is COc1ccc(NC(=O)C2CCCN2Cc2nnc(-c3cccc(Br)c3)o2)cc1. The molecule has 150 valence electrons. The van der Waals surface area contributed by atoms with E-state index in [4.69, 9.17) is 9.15 Å². The second kappa shape index (κ2) is 8.75. The highest BCUT2D eigenvalue weighted by atomic mass is 79.9.